The zero-order chi connectivity index (χ0) is 15.1. The summed E-state index contributed by atoms with van der Waals surface area (Å²) in [6, 6.07) is 3.86. The number of carbonyl (C=O) groups is 1. The number of hydrogen-bond acceptors (Lipinski definition) is 1. The Morgan fingerprint density at radius 1 is 1.30 bits per heavy atom. The average molecular weight is 348 g/mol. The molecule has 0 fully saturated rings. The summed E-state index contributed by atoms with van der Waals surface area (Å²) in [5, 5.41) is 2.75. The van der Waals surface area contributed by atoms with Crippen LogP contribution in [0.2, 0.25) is 0 Å². The lowest BCUT2D eigenvalue weighted by Crippen LogP contribution is -2.34. The summed E-state index contributed by atoms with van der Waals surface area (Å²) in [6.45, 7) is 4.70. The average Bonchev–Trinajstić information content (AvgIpc) is 2.43. The van der Waals surface area contributed by atoms with E-state index in [2.05, 4.69) is 35.1 Å². The molecule has 112 valence electrons. The topological polar surface area (TPSA) is 29.1 Å². The highest BCUT2D eigenvalue weighted by atomic mass is 79.9. The Morgan fingerprint density at radius 2 is 1.95 bits per heavy atom. The van der Waals surface area contributed by atoms with Gasteiger partial charge in [-0.25, -0.2) is 8.78 Å². The van der Waals surface area contributed by atoms with Gasteiger partial charge in [-0.05, 0) is 12.0 Å². The quantitative estimate of drug-likeness (QED) is 0.746. The Hall–Kier alpha value is -0.970. The van der Waals surface area contributed by atoms with Crippen molar-refractivity contribution in [3.8, 4) is 0 Å². The molecule has 1 aromatic rings. The molecule has 2 nitrogen and oxygen atoms in total. The Balaban J connectivity index is 2.50. The lowest BCUT2D eigenvalue weighted by Gasteiger charge is -2.19. The van der Waals surface area contributed by atoms with Gasteiger partial charge in [0, 0.05) is 16.9 Å². The fourth-order valence-electron chi connectivity index (χ4n) is 2.10. The van der Waals surface area contributed by atoms with Gasteiger partial charge in [0.15, 0.2) is 11.6 Å². The molecular weight excluding hydrogens is 328 g/mol. The lowest BCUT2D eigenvalue weighted by molar-refractivity contribution is -0.120. The Morgan fingerprint density at radius 3 is 2.55 bits per heavy atom. The number of nitrogens with one attached hydrogen (secondary N) is 1. The third-order valence-electron chi connectivity index (χ3n) is 3.44. The first kappa shape index (κ1) is 17.1. The third-order valence-corrected chi connectivity index (χ3v) is 4.51. The zero-order valence-electron chi connectivity index (χ0n) is 11.8. The van der Waals surface area contributed by atoms with Gasteiger partial charge in [0.1, 0.15) is 0 Å². The van der Waals surface area contributed by atoms with Crippen molar-refractivity contribution >= 4 is 21.8 Å². The van der Waals surface area contributed by atoms with Gasteiger partial charge < -0.3 is 5.32 Å². The summed E-state index contributed by atoms with van der Waals surface area (Å²) in [5.41, 5.74) is 0.0798. The minimum absolute atomic E-state index is 0.0798. The molecule has 0 bridgehead atoms. The van der Waals surface area contributed by atoms with E-state index in [4.69, 9.17) is 0 Å². The van der Waals surface area contributed by atoms with Crippen molar-refractivity contribution in [2.45, 2.75) is 37.9 Å². The van der Waals surface area contributed by atoms with E-state index < -0.39 is 11.6 Å². The molecule has 0 aliphatic heterocycles. The summed E-state index contributed by atoms with van der Waals surface area (Å²) in [7, 11) is 0. The number of amides is 1. The molecule has 0 aliphatic carbocycles. The highest BCUT2D eigenvalue weighted by Crippen LogP contribution is 2.19. The van der Waals surface area contributed by atoms with Crippen LogP contribution < -0.4 is 5.32 Å². The standard InChI is InChI=1S/C15H20BrF2NO/c1-3-10(4-2)12(16)9-19-14(20)8-11-6-5-7-13(17)15(11)18/h5-7,10,12H,3-4,8-9H2,1-2H3,(H,19,20). The van der Waals surface area contributed by atoms with Crippen LogP contribution in [0.4, 0.5) is 8.78 Å². The van der Waals surface area contributed by atoms with Crippen molar-refractivity contribution in [2.75, 3.05) is 6.54 Å². The van der Waals surface area contributed by atoms with Crippen LogP contribution in [-0.4, -0.2) is 17.3 Å². The highest BCUT2D eigenvalue weighted by Gasteiger charge is 2.17. The molecule has 5 heteroatoms. The van der Waals surface area contributed by atoms with Crippen LogP contribution in [0.25, 0.3) is 0 Å². The maximum atomic E-state index is 13.4. The zero-order valence-corrected chi connectivity index (χ0v) is 13.3. The number of carbonyl (C=O) groups excluding carboxylic acids is 1. The first-order valence-electron chi connectivity index (χ1n) is 6.83. The van der Waals surface area contributed by atoms with Gasteiger partial charge in [0.2, 0.25) is 5.91 Å². The number of alkyl halides is 1. The minimum Gasteiger partial charge on any atom is -0.355 e. The molecule has 0 radical (unpaired) electrons. The van der Waals surface area contributed by atoms with Gasteiger partial charge >= 0.3 is 0 Å². The van der Waals surface area contributed by atoms with Crippen molar-refractivity contribution in [3.05, 3.63) is 35.4 Å². The minimum atomic E-state index is -0.946. The SMILES string of the molecule is CCC(CC)C(Br)CNC(=O)Cc1cccc(F)c1F. The van der Waals surface area contributed by atoms with Crippen LogP contribution in [0.1, 0.15) is 32.3 Å². The molecular formula is C15H20BrF2NO. The Labute approximate surface area is 127 Å². The predicted octanol–water partition coefficient (Wildman–Crippen LogP) is 3.82. The summed E-state index contributed by atoms with van der Waals surface area (Å²) >= 11 is 3.56. The smallest absolute Gasteiger partial charge is 0.224 e. The van der Waals surface area contributed by atoms with Gasteiger partial charge in [0.05, 0.1) is 6.42 Å². The first-order valence-corrected chi connectivity index (χ1v) is 7.74. The normalized spacial score (nSPS) is 12.5. The molecule has 0 aliphatic rings. The summed E-state index contributed by atoms with van der Waals surface area (Å²) < 4.78 is 26.5. The van der Waals surface area contributed by atoms with Crippen LogP contribution >= 0.6 is 15.9 Å². The van der Waals surface area contributed by atoms with E-state index in [1.165, 1.54) is 12.1 Å². The maximum absolute atomic E-state index is 13.4. The van der Waals surface area contributed by atoms with Crippen molar-refractivity contribution in [3.63, 3.8) is 0 Å². The molecule has 1 amide bonds. The summed E-state index contributed by atoms with van der Waals surface area (Å²) in [6.07, 6.45) is 1.91. The molecule has 0 saturated heterocycles. The van der Waals surface area contributed by atoms with Gasteiger partial charge in [-0.3, -0.25) is 4.79 Å². The van der Waals surface area contributed by atoms with E-state index >= 15 is 0 Å². The van der Waals surface area contributed by atoms with Crippen LogP contribution in [-0.2, 0) is 11.2 Å². The third kappa shape index (κ3) is 4.85. The van der Waals surface area contributed by atoms with Crippen molar-refractivity contribution in [1.29, 1.82) is 0 Å². The molecule has 0 spiro atoms. The van der Waals surface area contributed by atoms with Gasteiger partial charge in [-0.1, -0.05) is 54.8 Å². The summed E-state index contributed by atoms with van der Waals surface area (Å²) in [4.78, 5) is 12.0. The lowest BCUT2D eigenvalue weighted by atomic mass is 9.99. The predicted molar refractivity (Wildman–Crippen MR) is 79.9 cm³/mol. The van der Waals surface area contributed by atoms with Crippen LogP contribution in [0.15, 0.2) is 18.2 Å². The van der Waals surface area contributed by atoms with E-state index in [-0.39, 0.29) is 22.7 Å². The molecule has 0 saturated carbocycles. The largest absolute Gasteiger partial charge is 0.355 e. The fraction of sp³-hybridized carbons (Fsp3) is 0.533. The number of hydrogen-bond donors (Lipinski definition) is 1. The van der Waals surface area contributed by atoms with Crippen LogP contribution in [0, 0.1) is 17.6 Å². The number of benzene rings is 1. The highest BCUT2D eigenvalue weighted by molar-refractivity contribution is 9.09. The van der Waals surface area contributed by atoms with Gasteiger partial charge in [-0.15, -0.1) is 0 Å². The second-order valence-electron chi connectivity index (χ2n) is 4.79. The molecule has 0 aromatic heterocycles. The van der Waals surface area contributed by atoms with E-state index in [1.807, 2.05) is 0 Å². The number of halogens is 3. The summed E-state index contributed by atoms with van der Waals surface area (Å²) in [5.74, 6) is -1.69. The number of rotatable bonds is 7. The molecule has 20 heavy (non-hydrogen) atoms. The van der Waals surface area contributed by atoms with E-state index in [0.29, 0.717) is 12.5 Å². The second kappa shape index (κ2) is 8.35. The molecule has 0 heterocycles. The van der Waals surface area contributed by atoms with E-state index in [0.717, 1.165) is 18.9 Å². The molecule has 1 rings (SSSR count). The van der Waals surface area contributed by atoms with E-state index in [9.17, 15) is 13.6 Å². The second-order valence-corrected chi connectivity index (χ2v) is 5.96. The monoisotopic (exact) mass is 347 g/mol. The Bertz CT molecular complexity index is 449. The Kier molecular flexibility index (Phi) is 7.13. The molecule has 1 aromatic carbocycles. The maximum Gasteiger partial charge on any atom is 0.224 e. The van der Waals surface area contributed by atoms with Gasteiger partial charge in [0.25, 0.3) is 0 Å². The van der Waals surface area contributed by atoms with E-state index in [1.54, 1.807) is 0 Å². The molecule has 1 N–H and O–H groups in total. The van der Waals surface area contributed by atoms with Crippen molar-refractivity contribution in [2.24, 2.45) is 5.92 Å². The van der Waals surface area contributed by atoms with Crippen LogP contribution in [0.3, 0.4) is 0 Å². The first-order chi connectivity index (χ1) is 9.49. The van der Waals surface area contributed by atoms with Crippen molar-refractivity contribution < 1.29 is 13.6 Å². The van der Waals surface area contributed by atoms with Crippen LogP contribution in [0.5, 0.6) is 0 Å². The molecule has 1 atom stereocenters. The van der Waals surface area contributed by atoms with Crippen molar-refractivity contribution in [1.82, 2.24) is 5.32 Å². The van der Waals surface area contributed by atoms with Gasteiger partial charge in [-0.2, -0.15) is 0 Å². The fourth-order valence-corrected chi connectivity index (χ4v) is 3.01. The molecule has 1 unspecified atom stereocenters.